The lowest BCUT2D eigenvalue weighted by Gasteiger charge is -2.05. The van der Waals surface area contributed by atoms with Crippen LogP contribution in [0.1, 0.15) is 12.6 Å². The third-order valence-electron chi connectivity index (χ3n) is 2.10. The van der Waals surface area contributed by atoms with E-state index in [0.717, 1.165) is 28.7 Å². The Bertz CT molecular complexity index is 461. The molecule has 1 N–H and O–H groups in total. The highest BCUT2D eigenvalue weighted by Gasteiger charge is 1.99. The van der Waals surface area contributed by atoms with Crippen molar-refractivity contribution in [1.82, 2.24) is 15.0 Å². The SMILES string of the molecule is CCNc1ccnc(CSc2cnccn2)c1. The van der Waals surface area contributed by atoms with E-state index in [0.29, 0.717) is 0 Å². The van der Waals surface area contributed by atoms with E-state index in [-0.39, 0.29) is 0 Å². The average molecular weight is 246 g/mol. The molecule has 0 aliphatic carbocycles. The maximum absolute atomic E-state index is 4.33. The van der Waals surface area contributed by atoms with E-state index in [9.17, 15) is 0 Å². The molecule has 4 nitrogen and oxygen atoms in total. The molecular weight excluding hydrogens is 232 g/mol. The Morgan fingerprint density at radius 3 is 2.94 bits per heavy atom. The molecule has 0 radical (unpaired) electrons. The standard InChI is InChI=1S/C12H14N4S/c1-2-14-10-3-4-15-11(7-10)9-17-12-8-13-5-6-16-12/h3-8H,2,9H2,1H3,(H,14,15). The monoisotopic (exact) mass is 246 g/mol. The molecule has 0 bridgehead atoms. The second-order valence-corrected chi connectivity index (χ2v) is 4.39. The summed E-state index contributed by atoms with van der Waals surface area (Å²) < 4.78 is 0. The van der Waals surface area contributed by atoms with Gasteiger partial charge in [0.1, 0.15) is 5.03 Å². The number of pyridine rings is 1. The molecule has 2 heterocycles. The molecule has 0 aromatic carbocycles. The molecule has 0 unspecified atom stereocenters. The zero-order valence-corrected chi connectivity index (χ0v) is 10.4. The molecule has 88 valence electrons. The highest BCUT2D eigenvalue weighted by atomic mass is 32.2. The molecule has 5 heteroatoms. The molecule has 0 spiro atoms. The van der Waals surface area contributed by atoms with Gasteiger partial charge in [0.15, 0.2) is 0 Å². The lowest BCUT2D eigenvalue weighted by atomic mass is 10.3. The average Bonchev–Trinajstić information content (AvgIpc) is 2.39. The van der Waals surface area contributed by atoms with Crippen LogP contribution in [0.3, 0.4) is 0 Å². The second-order valence-electron chi connectivity index (χ2n) is 3.40. The van der Waals surface area contributed by atoms with E-state index in [1.807, 2.05) is 12.3 Å². The van der Waals surface area contributed by atoms with Crippen LogP contribution in [-0.2, 0) is 5.75 Å². The first-order valence-electron chi connectivity index (χ1n) is 5.46. The molecule has 0 aliphatic heterocycles. The minimum Gasteiger partial charge on any atom is -0.385 e. The van der Waals surface area contributed by atoms with E-state index in [4.69, 9.17) is 0 Å². The van der Waals surface area contributed by atoms with Gasteiger partial charge in [-0.2, -0.15) is 0 Å². The van der Waals surface area contributed by atoms with Gasteiger partial charge in [-0.1, -0.05) is 11.8 Å². The van der Waals surface area contributed by atoms with E-state index in [1.165, 1.54) is 0 Å². The van der Waals surface area contributed by atoms with Crippen molar-refractivity contribution in [3.05, 3.63) is 42.6 Å². The molecule has 17 heavy (non-hydrogen) atoms. The zero-order valence-electron chi connectivity index (χ0n) is 9.63. The van der Waals surface area contributed by atoms with E-state index in [1.54, 1.807) is 30.4 Å². The van der Waals surface area contributed by atoms with E-state index < -0.39 is 0 Å². The summed E-state index contributed by atoms with van der Waals surface area (Å²) in [6, 6.07) is 4.03. The molecule has 0 aliphatic rings. The summed E-state index contributed by atoms with van der Waals surface area (Å²) >= 11 is 1.64. The maximum Gasteiger partial charge on any atom is 0.115 e. The molecule has 2 aromatic rings. The Kier molecular flexibility index (Phi) is 4.32. The lowest BCUT2D eigenvalue weighted by Crippen LogP contribution is -1.98. The van der Waals surface area contributed by atoms with Crippen molar-refractivity contribution in [2.24, 2.45) is 0 Å². The van der Waals surface area contributed by atoms with Gasteiger partial charge < -0.3 is 5.32 Å². The summed E-state index contributed by atoms with van der Waals surface area (Å²) in [6.45, 7) is 3.00. The Labute approximate surface area is 105 Å². The molecule has 2 rings (SSSR count). The molecule has 0 amide bonds. The predicted octanol–water partition coefficient (Wildman–Crippen LogP) is 2.60. The number of hydrogen-bond acceptors (Lipinski definition) is 5. The first-order chi connectivity index (χ1) is 8.38. The van der Waals surface area contributed by atoms with Crippen LogP contribution in [-0.4, -0.2) is 21.5 Å². The van der Waals surface area contributed by atoms with E-state index in [2.05, 4.69) is 33.3 Å². The fraction of sp³-hybridized carbons (Fsp3) is 0.250. The summed E-state index contributed by atoms with van der Waals surface area (Å²) in [6.07, 6.45) is 6.96. The van der Waals surface area contributed by atoms with Gasteiger partial charge in [0.2, 0.25) is 0 Å². The van der Waals surface area contributed by atoms with Crippen LogP contribution in [0.4, 0.5) is 5.69 Å². The minimum atomic E-state index is 0.803. The largest absolute Gasteiger partial charge is 0.385 e. The quantitative estimate of drug-likeness (QED) is 0.822. The van der Waals surface area contributed by atoms with Crippen LogP contribution < -0.4 is 5.32 Å². The van der Waals surface area contributed by atoms with Gasteiger partial charge in [0, 0.05) is 36.6 Å². The van der Waals surface area contributed by atoms with Gasteiger partial charge in [-0.25, -0.2) is 4.98 Å². The molecule has 0 saturated heterocycles. The Balaban J connectivity index is 1.97. The first kappa shape index (κ1) is 11.9. The number of nitrogens with one attached hydrogen (secondary N) is 1. The van der Waals surface area contributed by atoms with Gasteiger partial charge in [0.25, 0.3) is 0 Å². The molecule has 2 aromatic heterocycles. The third kappa shape index (κ3) is 3.71. The summed E-state index contributed by atoms with van der Waals surface area (Å²) in [5.41, 5.74) is 2.15. The number of rotatable bonds is 5. The van der Waals surface area contributed by atoms with Crippen molar-refractivity contribution >= 4 is 17.4 Å². The van der Waals surface area contributed by atoms with E-state index >= 15 is 0 Å². The predicted molar refractivity (Wildman–Crippen MR) is 70.0 cm³/mol. The van der Waals surface area contributed by atoms with Crippen LogP contribution in [0.25, 0.3) is 0 Å². The van der Waals surface area contributed by atoms with Gasteiger partial charge >= 0.3 is 0 Å². The maximum atomic E-state index is 4.33. The van der Waals surface area contributed by atoms with Crippen LogP contribution in [0.5, 0.6) is 0 Å². The van der Waals surface area contributed by atoms with Gasteiger partial charge in [-0.3, -0.25) is 9.97 Å². The molecule has 0 atom stereocenters. The van der Waals surface area contributed by atoms with Crippen LogP contribution in [0, 0.1) is 0 Å². The number of anilines is 1. The number of hydrogen-bond donors (Lipinski definition) is 1. The fourth-order valence-electron chi connectivity index (χ4n) is 1.38. The highest BCUT2D eigenvalue weighted by Crippen LogP contribution is 2.19. The Hall–Kier alpha value is -1.62. The van der Waals surface area contributed by atoms with Crippen molar-refractivity contribution in [2.75, 3.05) is 11.9 Å². The molecule has 0 saturated carbocycles. The van der Waals surface area contributed by atoms with Crippen molar-refractivity contribution < 1.29 is 0 Å². The van der Waals surface area contributed by atoms with Gasteiger partial charge in [-0.05, 0) is 19.1 Å². The Morgan fingerprint density at radius 1 is 1.24 bits per heavy atom. The fourth-order valence-corrected chi connectivity index (χ4v) is 2.10. The number of nitrogens with zero attached hydrogens (tertiary/aromatic N) is 3. The third-order valence-corrected chi connectivity index (χ3v) is 3.05. The summed E-state index contributed by atoms with van der Waals surface area (Å²) in [7, 11) is 0. The smallest absolute Gasteiger partial charge is 0.115 e. The number of thioether (sulfide) groups is 1. The molecule has 0 fully saturated rings. The van der Waals surface area contributed by atoms with Gasteiger partial charge in [0.05, 0.1) is 11.9 Å². The Morgan fingerprint density at radius 2 is 2.18 bits per heavy atom. The zero-order chi connectivity index (χ0) is 11.9. The summed E-state index contributed by atoms with van der Waals surface area (Å²) in [4.78, 5) is 12.6. The summed E-state index contributed by atoms with van der Waals surface area (Å²) in [5, 5.41) is 4.19. The van der Waals surface area contributed by atoms with Crippen LogP contribution >= 0.6 is 11.8 Å². The van der Waals surface area contributed by atoms with Crippen molar-refractivity contribution in [3.8, 4) is 0 Å². The normalized spacial score (nSPS) is 10.2. The van der Waals surface area contributed by atoms with Crippen LogP contribution in [0.2, 0.25) is 0 Å². The highest BCUT2D eigenvalue weighted by molar-refractivity contribution is 7.98. The summed E-state index contributed by atoms with van der Waals surface area (Å²) in [5.74, 6) is 0.803. The molecular formula is C12H14N4S. The first-order valence-corrected chi connectivity index (χ1v) is 6.44. The second kappa shape index (κ2) is 6.20. The van der Waals surface area contributed by atoms with Crippen LogP contribution in [0.15, 0.2) is 41.9 Å². The van der Waals surface area contributed by atoms with Crippen molar-refractivity contribution in [2.45, 2.75) is 17.7 Å². The topological polar surface area (TPSA) is 50.7 Å². The van der Waals surface area contributed by atoms with Crippen molar-refractivity contribution in [3.63, 3.8) is 0 Å². The lowest BCUT2D eigenvalue weighted by molar-refractivity contribution is 1.05. The van der Waals surface area contributed by atoms with Crippen molar-refractivity contribution in [1.29, 1.82) is 0 Å². The van der Waals surface area contributed by atoms with Gasteiger partial charge in [-0.15, -0.1) is 0 Å². The number of aromatic nitrogens is 3. The minimum absolute atomic E-state index is 0.803.